The van der Waals surface area contributed by atoms with Crippen molar-refractivity contribution in [3.05, 3.63) is 60.2 Å². The Labute approximate surface area is 151 Å². The Morgan fingerprint density at radius 2 is 1.60 bits per heavy atom. The molecule has 3 heteroatoms. The molecule has 134 valence electrons. The molecule has 0 heterocycles. The van der Waals surface area contributed by atoms with Crippen molar-refractivity contribution in [2.24, 2.45) is 17.3 Å². The molecule has 2 aromatic rings. The van der Waals surface area contributed by atoms with E-state index in [2.05, 4.69) is 34.6 Å². The normalized spacial score (nSPS) is 12.7. The molecule has 25 heavy (non-hydrogen) atoms. The summed E-state index contributed by atoms with van der Waals surface area (Å²) in [6.45, 7) is 10.6. The molecule has 0 N–H and O–H groups in total. The molecule has 0 bridgehead atoms. The number of para-hydroxylation sites is 1. The molecule has 0 fully saturated rings. The van der Waals surface area contributed by atoms with Gasteiger partial charge in [0.15, 0.2) is 0 Å². The van der Waals surface area contributed by atoms with Crippen molar-refractivity contribution >= 4 is 5.97 Å². The summed E-state index contributed by atoms with van der Waals surface area (Å²) < 4.78 is 11.4. The van der Waals surface area contributed by atoms with Crippen LogP contribution >= 0.6 is 0 Å². The Hall–Kier alpha value is -2.29. The zero-order valence-electron chi connectivity index (χ0n) is 15.8. The molecule has 0 saturated heterocycles. The summed E-state index contributed by atoms with van der Waals surface area (Å²) in [4.78, 5) is 12.5. The van der Waals surface area contributed by atoms with E-state index in [1.54, 1.807) is 0 Å². The van der Waals surface area contributed by atoms with Crippen molar-refractivity contribution in [1.82, 2.24) is 0 Å². The molecular weight excluding hydrogens is 312 g/mol. The first-order valence-electron chi connectivity index (χ1n) is 8.76. The molecule has 0 saturated carbocycles. The summed E-state index contributed by atoms with van der Waals surface area (Å²) in [6.07, 6.45) is 0. The van der Waals surface area contributed by atoms with Crippen molar-refractivity contribution in [1.29, 1.82) is 0 Å². The molecule has 0 aromatic heterocycles. The van der Waals surface area contributed by atoms with E-state index in [-0.39, 0.29) is 29.8 Å². The van der Waals surface area contributed by atoms with Gasteiger partial charge in [0.05, 0.1) is 5.92 Å². The molecule has 0 spiro atoms. The summed E-state index contributed by atoms with van der Waals surface area (Å²) >= 11 is 0. The van der Waals surface area contributed by atoms with Crippen LogP contribution in [0, 0.1) is 17.3 Å². The maximum Gasteiger partial charge on any atom is 0.310 e. The average molecular weight is 340 g/mol. The van der Waals surface area contributed by atoms with Crippen LogP contribution in [0.1, 0.15) is 40.2 Å². The Morgan fingerprint density at radius 1 is 0.960 bits per heavy atom. The Balaban J connectivity index is 2.01. The van der Waals surface area contributed by atoms with Gasteiger partial charge in [-0.1, -0.05) is 65.0 Å². The van der Waals surface area contributed by atoms with Crippen molar-refractivity contribution in [2.45, 2.75) is 41.2 Å². The average Bonchev–Trinajstić information content (AvgIpc) is 2.52. The van der Waals surface area contributed by atoms with Gasteiger partial charge < -0.3 is 9.47 Å². The Bertz CT molecular complexity index is 684. The number of rotatable bonds is 6. The van der Waals surface area contributed by atoms with E-state index in [0.29, 0.717) is 0 Å². The fourth-order valence-electron chi connectivity index (χ4n) is 3.19. The molecule has 2 rings (SSSR count). The molecular formula is C22H28O3. The highest BCUT2D eigenvalue weighted by molar-refractivity contribution is 5.73. The lowest BCUT2D eigenvalue weighted by Crippen LogP contribution is -2.34. The van der Waals surface area contributed by atoms with Crippen molar-refractivity contribution in [3.8, 4) is 11.5 Å². The molecule has 1 atom stereocenters. The van der Waals surface area contributed by atoms with Crippen molar-refractivity contribution < 1.29 is 14.3 Å². The van der Waals surface area contributed by atoms with E-state index in [1.165, 1.54) is 0 Å². The highest BCUT2D eigenvalue weighted by Crippen LogP contribution is 2.33. The van der Waals surface area contributed by atoms with Gasteiger partial charge in [0.1, 0.15) is 18.1 Å². The first kappa shape index (κ1) is 19.0. The number of carbonyl (C=O) groups excluding carboxylic acids is 1. The number of esters is 1. The minimum absolute atomic E-state index is 0.122. The van der Waals surface area contributed by atoms with Gasteiger partial charge in [-0.25, -0.2) is 0 Å². The molecule has 0 radical (unpaired) electrons. The van der Waals surface area contributed by atoms with Gasteiger partial charge in [0.25, 0.3) is 0 Å². The summed E-state index contributed by atoms with van der Waals surface area (Å²) in [7, 11) is 0. The molecule has 2 aromatic carbocycles. The summed E-state index contributed by atoms with van der Waals surface area (Å²) in [5.74, 6) is 1.48. The van der Waals surface area contributed by atoms with E-state index in [0.717, 1.165) is 17.1 Å². The van der Waals surface area contributed by atoms with Crippen LogP contribution in [0.15, 0.2) is 54.6 Å². The van der Waals surface area contributed by atoms with Gasteiger partial charge in [0.2, 0.25) is 0 Å². The predicted octanol–water partition coefficient (Wildman–Crippen LogP) is 5.84. The third-order valence-corrected chi connectivity index (χ3v) is 4.11. The van der Waals surface area contributed by atoms with Crippen molar-refractivity contribution in [2.75, 3.05) is 0 Å². The highest BCUT2D eigenvalue weighted by atomic mass is 16.5. The zero-order valence-corrected chi connectivity index (χ0v) is 15.8. The second-order valence-electron chi connectivity index (χ2n) is 7.76. The van der Waals surface area contributed by atoms with Crippen LogP contribution in [-0.2, 0) is 16.1 Å². The number of benzene rings is 2. The first-order chi connectivity index (χ1) is 11.8. The van der Waals surface area contributed by atoms with Gasteiger partial charge in [-0.05, 0) is 41.2 Å². The van der Waals surface area contributed by atoms with Gasteiger partial charge in [-0.15, -0.1) is 0 Å². The van der Waals surface area contributed by atoms with Gasteiger partial charge in [-0.2, -0.15) is 0 Å². The predicted molar refractivity (Wildman–Crippen MR) is 101 cm³/mol. The van der Waals surface area contributed by atoms with Crippen LogP contribution in [0.5, 0.6) is 11.5 Å². The second-order valence-corrected chi connectivity index (χ2v) is 7.76. The van der Waals surface area contributed by atoms with Crippen LogP contribution < -0.4 is 4.74 Å². The fraction of sp³-hybridized carbons (Fsp3) is 0.409. The third kappa shape index (κ3) is 5.63. The maximum atomic E-state index is 12.5. The van der Waals surface area contributed by atoms with Gasteiger partial charge >= 0.3 is 5.97 Å². The van der Waals surface area contributed by atoms with Crippen LogP contribution in [0.25, 0.3) is 0 Å². The minimum Gasteiger partial charge on any atom is -0.461 e. The number of ether oxygens (including phenoxy) is 2. The van der Waals surface area contributed by atoms with Gasteiger partial charge in [0, 0.05) is 0 Å². The van der Waals surface area contributed by atoms with Crippen LogP contribution in [0.4, 0.5) is 0 Å². The number of hydrogen-bond acceptors (Lipinski definition) is 3. The number of carbonyl (C=O) groups is 1. The molecule has 3 nitrogen and oxygen atoms in total. The molecule has 0 aliphatic carbocycles. The largest absolute Gasteiger partial charge is 0.461 e. The number of hydrogen-bond donors (Lipinski definition) is 0. The summed E-state index contributed by atoms with van der Waals surface area (Å²) in [5.41, 5.74) is 0.793. The van der Waals surface area contributed by atoms with Crippen LogP contribution in [0.2, 0.25) is 0 Å². The topological polar surface area (TPSA) is 35.5 Å². The zero-order chi connectivity index (χ0) is 18.4. The quantitative estimate of drug-likeness (QED) is 0.620. The van der Waals surface area contributed by atoms with Crippen molar-refractivity contribution in [3.63, 3.8) is 0 Å². The molecule has 0 aliphatic rings. The van der Waals surface area contributed by atoms with E-state index in [9.17, 15) is 4.79 Å². The Morgan fingerprint density at radius 3 is 2.20 bits per heavy atom. The minimum atomic E-state index is -0.142. The Kier molecular flexibility index (Phi) is 6.24. The SMILES string of the molecule is CC(C)C(C(=O)OCc1cccc(Oc2ccccc2)c1)C(C)(C)C. The molecule has 1 unspecified atom stereocenters. The van der Waals surface area contributed by atoms with Gasteiger partial charge in [-0.3, -0.25) is 4.79 Å². The monoisotopic (exact) mass is 340 g/mol. The standard InChI is InChI=1S/C22H28O3/c1-16(2)20(22(3,4)5)21(23)24-15-17-10-9-13-19(14-17)25-18-11-7-6-8-12-18/h6-14,16,20H,15H2,1-5H3. The van der Waals surface area contributed by atoms with E-state index in [4.69, 9.17) is 9.47 Å². The maximum absolute atomic E-state index is 12.5. The lowest BCUT2D eigenvalue weighted by atomic mass is 9.74. The van der Waals surface area contributed by atoms with Crippen LogP contribution in [-0.4, -0.2) is 5.97 Å². The van der Waals surface area contributed by atoms with E-state index < -0.39 is 0 Å². The summed E-state index contributed by atoms with van der Waals surface area (Å²) in [6, 6.07) is 17.3. The first-order valence-corrected chi connectivity index (χ1v) is 8.76. The van der Waals surface area contributed by atoms with Crippen LogP contribution in [0.3, 0.4) is 0 Å². The fourth-order valence-corrected chi connectivity index (χ4v) is 3.19. The lowest BCUT2D eigenvalue weighted by molar-refractivity contribution is -0.156. The molecule has 0 aliphatic heterocycles. The summed E-state index contributed by atoms with van der Waals surface area (Å²) in [5, 5.41) is 0. The highest BCUT2D eigenvalue weighted by Gasteiger charge is 2.35. The second kappa shape index (κ2) is 8.19. The smallest absolute Gasteiger partial charge is 0.310 e. The molecule has 0 amide bonds. The lowest BCUT2D eigenvalue weighted by Gasteiger charge is -2.31. The third-order valence-electron chi connectivity index (χ3n) is 4.11. The van der Waals surface area contributed by atoms with E-state index >= 15 is 0 Å². The van der Waals surface area contributed by atoms with E-state index in [1.807, 2.05) is 54.6 Å².